The van der Waals surface area contributed by atoms with E-state index in [1.54, 1.807) is 13.1 Å². The van der Waals surface area contributed by atoms with E-state index in [1.165, 1.54) is 28.8 Å². The summed E-state index contributed by atoms with van der Waals surface area (Å²) in [5, 5.41) is 0. The predicted molar refractivity (Wildman–Crippen MR) is 81.4 cm³/mol. The standard InChI is InChI=1S/C13H17FN2O3S2/c1-16(11-2-3-21(18,19)8-11)13(17)7-20-12-5-9(14)4-10(15)6-12/h4-6,11H,2-3,7-8,15H2,1H3. The van der Waals surface area contributed by atoms with Gasteiger partial charge in [0, 0.05) is 23.7 Å². The molecule has 21 heavy (non-hydrogen) atoms. The maximum atomic E-state index is 13.2. The Balaban J connectivity index is 1.92. The van der Waals surface area contributed by atoms with E-state index in [-0.39, 0.29) is 29.2 Å². The van der Waals surface area contributed by atoms with Crippen LogP contribution in [0.2, 0.25) is 0 Å². The summed E-state index contributed by atoms with van der Waals surface area (Å²) in [6.07, 6.45) is 0.474. The van der Waals surface area contributed by atoms with Crippen LogP contribution in [-0.4, -0.2) is 49.6 Å². The molecule has 0 radical (unpaired) electrons. The molecule has 1 saturated heterocycles. The third kappa shape index (κ3) is 4.34. The van der Waals surface area contributed by atoms with Crippen LogP contribution < -0.4 is 5.73 Å². The number of amides is 1. The normalized spacial score (nSPS) is 20.4. The van der Waals surface area contributed by atoms with Gasteiger partial charge in [-0.1, -0.05) is 0 Å². The molecule has 1 aromatic carbocycles. The van der Waals surface area contributed by atoms with Crippen LogP contribution in [0.3, 0.4) is 0 Å². The minimum Gasteiger partial charge on any atom is -0.399 e. The monoisotopic (exact) mass is 332 g/mol. The summed E-state index contributed by atoms with van der Waals surface area (Å²) in [5.74, 6) is -0.351. The van der Waals surface area contributed by atoms with Crippen LogP contribution in [0.4, 0.5) is 10.1 Å². The number of sulfone groups is 1. The highest BCUT2D eigenvalue weighted by Crippen LogP contribution is 2.23. The van der Waals surface area contributed by atoms with Crippen molar-refractivity contribution in [2.24, 2.45) is 0 Å². The first-order chi connectivity index (χ1) is 9.77. The number of hydrogen-bond acceptors (Lipinski definition) is 5. The van der Waals surface area contributed by atoms with Gasteiger partial charge in [0.05, 0.1) is 17.3 Å². The van der Waals surface area contributed by atoms with Gasteiger partial charge in [-0.2, -0.15) is 0 Å². The van der Waals surface area contributed by atoms with Gasteiger partial charge in [0.2, 0.25) is 5.91 Å². The Kier molecular flexibility index (Phi) is 4.77. The molecule has 1 aliphatic rings. The lowest BCUT2D eigenvalue weighted by atomic mass is 10.2. The van der Waals surface area contributed by atoms with Crippen LogP contribution in [0.25, 0.3) is 0 Å². The Labute approximate surface area is 127 Å². The Morgan fingerprint density at radius 2 is 2.19 bits per heavy atom. The molecule has 1 aromatic rings. The van der Waals surface area contributed by atoms with Crippen molar-refractivity contribution < 1.29 is 17.6 Å². The van der Waals surface area contributed by atoms with Gasteiger partial charge in [0.15, 0.2) is 9.84 Å². The molecule has 5 nitrogen and oxygen atoms in total. The van der Waals surface area contributed by atoms with E-state index in [1.807, 2.05) is 0 Å². The molecular weight excluding hydrogens is 315 g/mol. The van der Waals surface area contributed by atoms with Crippen LogP contribution in [0, 0.1) is 5.82 Å². The van der Waals surface area contributed by atoms with E-state index in [0.29, 0.717) is 17.0 Å². The van der Waals surface area contributed by atoms with Crippen molar-refractivity contribution in [1.82, 2.24) is 4.90 Å². The molecule has 1 heterocycles. The van der Waals surface area contributed by atoms with Gasteiger partial charge >= 0.3 is 0 Å². The SMILES string of the molecule is CN(C(=O)CSc1cc(N)cc(F)c1)C1CCS(=O)(=O)C1. The van der Waals surface area contributed by atoms with E-state index in [9.17, 15) is 17.6 Å². The van der Waals surface area contributed by atoms with E-state index >= 15 is 0 Å². The fourth-order valence-electron chi connectivity index (χ4n) is 2.20. The lowest BCUT2D eigenvalue weighted by Gasteiger charge is -2.23. The van der Waals surface area contributed by atoms with Gasteiger partial charge in [-0.25, -0.2) is 12.8 Å². The first-order valence-corrected chi connectivity index (χ1v) is 9.22. The molecule has 1 atom stereocenters. The number of hydrogen-bond donors (Lipinski definition) is 1. The molecule has 0 bridgehead atoms. The van der Waals surface area contributed by atoms with Crippen molar-refractivity contribution in [3.05, 3.63) is 24.0 Å². The molecule has 0 aliphatic carbocycles. The van der Waals surface area contributed by atoms with Crippen molar-refractivity contribution in [2.45, 2.75) is 17.4 Å². The van der Waals surface area contributed by atoms with Gasteiger partial charge in [-0.3, -0.25) is 4.79 Å². The van der Waals surface area contributed by atoms with E-state index in [0.717, 1.165) is 0 Å². The van der Waals surface area contributed by atoms with Crippen molar-refractivity contribution in [3.63, 3.8) is 0 Å². The minimum absolute atomic E-state index is 0.0207. The van der Waals surface area contributed by atoms with Gasteiger partial charge in [-0.05, 0) is 24.6 Å². The highest BCUT2D eigenvalue weighted by Gasteiger charge is 2.32. The van der Waals surface area contributed by atoms with Crippen molar-refractivity contribution in [3.8, 4) is 0 Å². The Morgan fingerprint density at radius 3 is 2.76 bits per heavy atom. The summed E-state index contributed by atoms with van der Waals surface area (Å²) in [6.45, 7) is 0. The number of benzene rings is 1. The lowest BCUT2D eigenvalue weighted by molar-refractivity contribution is -0.128. The van der Waals surface area contributed by atoms with Gasteiger partial charge in [0.25, 0.3) is 0 Å². The molecule has 1 aliphatic heterocycles. The highest BCUT2D eigenvalue weighted by molar-refractivity contribution is 8.00. The molecule has 0 aromatic heterocycles. The zero-order valence-electron chi connectivity index (χ0n) is 11.6. The number of nitrogens with zero attached hydrogens (tertiary/aromatic N) is 1. The van der Waals surface area contributed by atoms with Crippen molar-refractivity contribution >= 4 is 33.2 Å². The number of anilines is 1. The van der Waals surface area contributed by atoms with Crippen LogP contribution in [0.1, 0.15) is 6.42 Å². The Morgan fingerprint density at radius 1 is 1.48 bits per heavy atom. The van der Waals surface area contributed by atoms with Crippen LogP contribution >= 0.6 is 11.8 Å². The molecule has 1 fully saturated rings. The number of carbonyl (C=O) groups is 1. The smallest absolute Gasteiger partial charge is 0.232 e. The number of halogens is 1. The largest absolute Gasteiger partial charge is 0.399 e. The van der Waals surface area contributed by atoms with Crippen LogP contribution in [0.5, 0.6) is 0 Å². The first-order valence-electron chi connectivity index (χ1n) is 6.42. The van der Waals surface area contributed by atoms with Gasteiger partial charge in [-0.15, -0.1) is 11.8 Å². The van der Waals surface area contributed by atoms with Gasteiger partial charge < -0.3 is 10.6 Å². The Bertz CT molecular complexity index is 629. The van der Waals surface area contributed by atoms with E-state index in [2.05, 4.69) is 0 Å². The van der Waals surface area contributed by atoms with E-state index in [4.69, 9.17) is 5.73 Å². The fourth-order valence-corrected chi connectivity index (χ4v) is 4.88. The molecule has 116 valence electrons. The zero-order chi connectivity index (χ0) is 15.6. The van der Waals surface area contributed by atoms with Crippen molar-refractivity contribution in [1.29, 1.82) is 0 Å². The number of nitrogens with two attached hydrogens (primary N) is 1. The average molecular weight is 332 g/mol. The average Bonchev–Trinajstić information content (AvgIpc) is 2.74. The van der Waals surface area contributed by atoms with Gasteiger partial charge in [0.1, 0.15) is 5.82 Å². The fraction of sp³-hybridized carbons (Fsp3) is 0.462. The third-order valence-corrected chi connectivity index (χ3v) is 6.12. The summed E-state index contributed by atoms with van der Waals surface area (Å²) in [5.41, 5.74) is 5.85. The second-order valence-corrected chi connectivity index (χ2v) is 8.35. The lowest BCUT2D eigenvalue weighted by Crippen LogP contribution is -2.38. The number of rotatable bonds is 4. The highest BCUT2D eigenvalue weighted by atomic mass is 32.2. The summed E-state index contributed by atoms with van der Waals surface area (Å²) >= 11 is 1.18. The summed E-state index contributed by atoms with van der Waals surface area (Å²) in [7, 11) is -1.41. The molecule has 1 amide bonds. The van der Waals surface area contributed by atoms with Crippen LogP contribution in [-0.2, 0) is 14.6 Å². The number of nitrogen functional groups attached to an aromatic ring is 1. The van der Waals surface area contributed by atoms with E-state index < -0.39 is 15.7 Å². The minimum atomic E-state index is -3.02. The second-order valence-electron chi connectivity index (χ2n) is 5.07. The molecule has 0 saturated carbocycles. The summed E-state index contributed by atoms with van der Waals surface area (Å²) in [4.78, 5) is 14.1. The Hall–Kier alpha value is -1.28. The zero-order valence-corrected chi connectivity index (χ0v) is 13.2. The van der Waals surface area contributed by atoms with Crippen LogP contribution in [0.15, 0.2) is 23.1 Å². The maximum Gasteiger partial charge on any atom is 0.232 e. The predicted octanol–water partition coefficient (Wildman–Crippen LogP) is 1.15. The topological polar surface area (TPSA) is 80.5 Å². The molecule has 2 N–H and O–H groups in total. The molecule has 8 heteroatoms. The molecular formula is C13H17FN2O3S2. The molecule has 1 unspecified atom stereocenters. The molecule has 0 spiro atoms. The van der Waals surface area contributed by atoms with Crippen molar-refractivity contribution in [2.75, 3.05) is 30.0 Å². The summed E-state index contributed by atoms with van der Waals surface area (Å²) in [6, 6.07) is 3.86. The number of thioether (sulfide) groups is 1. The third-order valence-electron chi connectivity index (χ3n) is 3.41. The quantitative estimate of drug-likeness (QED) is 0.661. The molecule has 2 rings (SSSR count). The number of carbonyl (C=O) groups excluding carboxylic acids is 1. The maximum absolute atomic E-state index is 13.2. The summed E-state index contributed by atoms with van der Waals surface area (Å²) < 4.78 is 36.0. The second kappa shape index (κ2) is 6.23. The first kappa shape index (κ1) is 16.1.